The van der Waals surface area contributed by atoms with E-state index in [1.807, 2.05) is 0 Å². The molecule has 1 aliphatic carbocycles. The van der Waals surface area contributed by atoms with Crippen LogP contribution in [-0.4, -0.2) is 0 Å². The third-order valence-electron chi connectivity index (χ3n) is 6.09. The van der Waals surface area contributed by atoms with Gasteiger partial charge in [0, 0.05) is 5.56 Å². The maximum absolute atomic E-state index is 3.42. The largest absolute Gasteiger partial charge is 0.0726 e. The van der Waals surface area contributed by atoms with Crippen LogP contribution in [-0.2, 0) is 6.42 Å². The molecule has 2 aromatic carbocycles. The van der Waals surface area contributed by atoms with E-state index in [0.29, 0.717) is 0 Å². The first kappa shape index (κ1) is 21.4. The van der Waals surface area contributed by atoms with Gasteiger partial charge in [-0.15, -0.1) is 0 Å². The number of benzene rings is 2. The van der Waals surface area contributed by atoms with Gasteiger partial charge in [-0.25, -0.2) is 0 Å². The highest BCUT2D eigenvalue weighted by atomic mass is 14.2. The summed E-state index contributed by atoms with van der Waals surface area (Å²) in [6.45, 7) is 4.54. The summed E-state index contributed by atoms with van der Waals surface area (Å²) in [4.78, 5) is 0. The lowest BCUT2D eigenvalue weighted by atomic mass is 9.86. The zero-order chi connectivity index (χ0) is 20.3. The van der Waals surface area contributed by atoms with Crippen LogP contribution in [0.15, 0.2) is 60.2 Å². The summed E-state index contributed by atoms with van der Waals surface area (Å²) < 4.78 is 0. The average Bonchev–Trinajstić information content (AvgIpc) is 2.78. The van der Waals surface area contributed by atoms with Crippen molar-refractivity contribution in [2.45, 2.75) is 78.1 Å². The van der Waals surface area contributed by atoms with E-state index in [1.165, 1.54) is 80.1 Å². The third kappa shape index (κ3) is 6.93. The molecule has 0 aromatic heterocycles. The van der Waals surface area contributed by atoms with Gasteiger partial charge in [0.25, 0.3) is 0 Å². The molecule has 0 heterocycles. The second kappa shape index (κ2) is 11.7. The fraction of sp³-hybridized carbons (Fsp3) is 0.448. The van der Waals surface area contributed by atoms with Gasteiger partial charge in [-0.3, -0.25) is 0 Å². The molecule has 1 atom stereocenters. The molecule has 2 aromatic rings. The van der Waals surface area contributed by atoms with E-state index in [1.54, 1.807) is 0 Å². The fourth-order valence-corrected chi connectivity index (χ4v) is 4.10. The van der Waals surface area contributed by atoms with Gasteiger partial charge in [0.1, 0.15) is 0 Å². The van der Waals surface area contributed by atoms with E-state index in [9.17, 15) is 0 Å². The minimum atomic E-state index is 0.887. The molecule has 0 saturated carbocycles. The van der Waals surface area contributed by atoms with Crippen molar-refractivity contribution in [3.8, 4) is 23.0 Å². The first-order valence-corrected chi connectivity index (χ1v) is 11.7. The Morgan fingerprint density at radius 2 is 1.48 bits per heavy atom. The summed E-state index contributed by atoms with van der Waals surface area (Å²) in [6.07, 6.45) is 15.2. The van der Waals surface area contributed by atoms with Crippen LogP contribution in [0.1, 0.15) is 82.8 Å². The van der Waals surface area contributed by atoms with Gasteiger partial charge >= 0.3 is 0 Å². The molecule has 29 heavy (non-hydrogen) atoms. The summed E-state index contributed by atoms with van der Waals surface area (Å²) in [5.74, 6) is 7.67. The molecule has 0 N–H and O–H groups in total. The number of hydrogen-bond acceptors (Lipinski definition) is 0. The maximum Gasteiger partial charge on any atom is 0.0249 e. The topological polar surface area (TPSA) is 0 Å². The van der Waals surface area contributed by atoms with Gasteiger partial charge in [0.05, 0.1) is 0 Å². The molecule has 152 valence electrons. The Labute approximate surface area is 178 Å². The fourth-order valence-electron chi connectivity index (χ4n) is 4.10. The number of unbranched alkanes of at least 4 members (excludes halogenated alkanes) is 3. The normalized spacial score (nSPS) is 16.1. The Kier molecular flexibility index (Phi) is 8.63. The predicted octanol–water partition coefficient (Wildman–Crippen LogP) is 8.35. The molecule has 0 aliphatic heterocycles. The standard InChI is InChI=1S/C29H36/c1-3-5-7-9-25-16-20-28(21-17-25)29-22-18-27(19-23-29)15-14-26-12-10-24(11-13-26)8-6-4-2/h12,16-24H,3-11,13H2,1-2H3. The molecule has 0 nitrogen and oxygen atoms in total. The maximum atomic E-state index is 3.42. The number of hydrogen-bond donors (Lipinski definition) is 0. The summed E-state index contributed by atoms with van der Waals surface area (Å²) in [5.41, 5.74) is 6.45. The van der Waals surface area contributed by atoms with Crippen LogP contribution in [0.5, 0.6) is 0 Å². The van der Waals surface area contributed by atoms with Gasteiger partial charge in [0.15, 0.2) is 0 Å². The molecular formula is C29H36. The second-order valence-electron chi connectivity index (χ2n) is 8.49. The van der Waals surface area contributed by atoms with Crippen molar-refractivity contribution in [3.05, 3.63) is 71.3 Å². The van der Waals surface area contributed by atoms with E-state index >= 15 is 0 Å². The summed E-state index contributed by atoms with van der Waals surface area (Å²) >= 11 is 0. The lowest BCUT2D eigenvalue weighted by Crippen LogP contribution is -2.05. The smallest absolute Gasteiger partial charge is 0.0249 e. The first-order chi connectivity index (χ1) is 14.3. The van der Waals surface area contributed by atoms with E-state index in [4.69, 9.17) is 0 Å². The van der Waals surface area contributed by atoms with Gasteiger partial charge in [-0.2, -0.15) is 0 Å². The predicted molar refractivity (Wildman–Crippen MR) is 127 cm³/mol. The molecule has 0 radical (unpaired) electrons. The van der Waals surface area contributed by atoms with Crippen molar-refractivity contribution in [1.29, 1.82) is 0 Å². The Bertz CT molecular complexity index is 824. The highest BCUT2D eigenvalue weighted by Crippen LogP contribution is 2.27. The van der Waals surface area contributed by atoms with Crippen LogP contribution in [0.4, 0.5) is 0 Å². The summed E-state index contributed by atoms with van der Waals surface area (Å²) in [5, 5.41) is 0. The van der Waals surface area contributed by atoms with Crippen molar-refractivity contribution >= 4 is 0 Å². The SMILES string of the molecule is CCCCCc1ccc(-c2ccc(C#CC3=CCC(CCCC)CC3)cc2)cc1. The van der Waals surface area contributed by atoms with Crippen molar-refractivity contribution < 1.29 is 0 Å². The zero-order valence-electron chi connectivity index (χ0n) is 18.3. The number of aryl methyl sites for hydroxylation is 1. The van der Waals surface area contributed by atoms with E-state index in [-0.39, 0.29) is 0 Å². The second-order valence-corrected chi connectivity index (χ2v) is 8.49. The van der Waals surface area contributed by atoms with Crippen LogP contribution in [0, 0.1) is 17.8 Å². The van der Waals surface area contributed by atoms with E-state index in [0.717, 1.165) is 17.9 Å². The van der Waals surface area contributed by atoms with Crippen molar-refractivity contribution in [3.63, 3.8) is 0 Å². The zero-order valence-corrected chi connectivity index (χ0v) is 18.3. The molecule has 0 spiro atoms. The van der Waals surface area contributed by atoms with Crippen LogP contribution in [0.2, 0.25) is 0 Å². The lowest BCUT2D eigenvalue weighted by molar-refractivity contribution is 0.425. The lowest BCUT2D eigenvalue weighted by Gasteiger charge is -2.19. The van der Waals surface area contributed by atoms with Crippen molar-refractivity contribution in [1.82, 2.24) is 0 Å². The Morgan fingerprint density at radius 1 is 0.793 bits per heavy atom. The van der Waals surface area contributed by atoms with Crippen LogP contribution >= 0.6 is 0 Å². The monoisotopic (exact) mass is 384 g/mol. The van der Waals surface area contributed by atoms with Crippen molar-refractivity contribution in [2.75, 3.05) is 0 Å². The number of rotatable bonds is 8. The molecule has 0 fully saturated rings. The van der Waals surface area contributed by atoms with Crippen LogP contribution in [0.3, 0.4) is 0 Å². The molecule has 3 rings (SSSR count). The van der Waals surface area contributed by atoms with Gasteiger partial charge < -0.3 is 0 Å². The summed E-state index contributed by atoms with van der Waals surface area (Å²) in [7, 11) is 0. The molecule has 1 unspecified atom stereocenters. The Hall–Kier alpha value is -2.26. The van der Waals surface area contributed by atoms with Gasteiger partial charge in [0.2, 0.25) is 0 Å². The highest BCUT2D eigenvalue weighted by molar-refractivity contribution is 5.64. The molecule has 0 heteroatoms. The highest BCUT2D eigenvalue weighted by Gasteiger charge is 2.12. The molecule has 0 bridgehead atoms. The Balaban J connectivity index is 1.56. The average molecular weight is 385 g/mol. The van der Waals surface area contributed by atoms with Gasteiger partial charge in [-0.05, 0) is 72.4 Å². The minimum absolute atomic E-state index is 0.887. The summed E-state index contributed by atoms with van der Waals surface area (Å²) in [6, 6.07) is 17.8. The van der Waals surface area contributed by atoms with E-state index < -0.39 is 0 Å². The molecule has 0 saturated heterocycles. The molecular weight excluding hydrogens is 348 g/mol. The van der Waals surface area contributed by atoms with Gasteiger partial charge in [-0.1, -0.05) is 100 Å². The van der Waals surface area contributed by atoms with Crippen LogP contribution in [0.25, 0.3) is 11.1 Å². The molecule has 0 amide bonds. The Morgan fingerprint density at radius 3 is 2.10 bits per heavy atom. The van der Waals surface area contributed by atoms with E-state index in [2.05, 4.69) is 80.3 Å². The number of allylic oxidation sites excluding steroid dienone is 2. The minimum Gasteiger partial charge on any atom is -0.0726 e. The molecule has 1 aliphatic rings. The quantitative estimate of drug-likeness (QED) is 0.317. The third-order valence-corrected chi connectivity index (χ3v) is 6.09. The first-order valence-electron chi connectivity index (χ1n) is 11.7. The van der Waals surface area contributed by atoms with Crippen molar-refractivity contribution in [2.24, 2.45) is 5.92 Å². The van der Waals surface area contributed by atoms with Crippen LogP contribution < -0.4 is 0 Å².